The topological polar surface area (TPSA) is 108 Å². The van der Waals surface area contributed by atoms with E-state index in [2.05, 4.69) is 10.6 Å². The van der Waals surface area contributed by atoms with Crippen LogP contribution in [0.25, 0.3) is 0 Å². The van der Waals surface area contributed by atoms with Crippen molar-refractivity contribution in [1.29, 1.82) is 0 Å². The minimum absolute atomic E-state index is 0.0813. The molecular formula is C24H37N3O5. The molecule has 1 fully saturated rings. The second-order valence-electron chi connectivity index (χ2n) is 9.61. The molecule has 1 aromatic rings. The molecule has 32 heavy (non-hydrogen) atoms. The van der Waals surface area contributed by atoms with Crippen LogP contribution in [0.3, 0.4) is 0 Å². The number of aryl methyl sites for hydroxylation is 1. The molecule has 0 aliphatic heterocycles. The number of carbonyl (C=O) groups is 3. The lowest BCUT2D eigenvalue weighted by atomic mass is 9.94. The molecule has 0 radical (unpaired) electrons. The molecule has 3 N–H and O–H groups in total. The first-order valence-corrected chi connectivity index (χ1v) is 11.2. The number of phenols is 1. The molecule has 178 valence electrons. The number of hydrogen-bond acceptors (Lipinski definition) is 5. The zero-order chi connectivity index (χ0) is 24.1. The van der Waals surface area contributed by atoms with E-state index in [-0.39, 0.29) is 17.7 Å². The van der Waals surface area contributed by atoms with Gasteiger partial charge in [0.2, 0.25) is 11.8 Å². The number of ether oxygens (including phenoxy) is 1. The summed E-state index contributed by atoms with van der Waals surface area (Å²) >= 11 is 0. The number of aromatic hydroxyl groups is 1. The van der Waals surface area contributed by atoms with Crippen molar-refractivity contribution in [2.75, 3.05) is 7.05 Å². The molecule has 2 rings (SSSR count). The van der Waals surface area contributed by atoms with Crippen LogP contribution in [0.1, 0.15) is 77.0 Å². The van der Waals surface area contributed by atoms with Crippen LogP contribution in [0.5, 0.6) is 5.75 Å². The highest BCUT2D eigenvalue weighted by Crippen LogP contribution is 2.27. The Balaban J connectivity index is 2.22. The van der Waals surface area contributed by atoms with Crippen LogP contribution < -0.4 is 10.6 Å². The lowest BCUT2D eigenvalue weighted by Crippen LogP contribution is -2.51. The molecule has 0 heterocycles. The Morgan fingerprint density at radius 1 is 1.16 bits per heavy atom. The summed E-state index contributed by atoms with van der Waals surface area (Å²) in [6, 6.07) is 3.16. The Hall–Kier alpha value is -2.77. The predicted molar refractivity (Wildman–Crippen MR) is 122 cm³/mol. The van der Waals surface area contributed by atoms with Crippen LogP contribution in [0.15, 0.2) is 18.2 Å². The number of rotatable bonds is 6. The van der Waals surface area contributed by atoms with Crippen molar-refractivity contribution in [2.45, 2.75) is 90.4 Å². The first kappa shape index (κ1) is 25.5. The quantitative estimate of drug-likeness (QED) is 0.618. The molecule has 2 atom stereocenters. The maximum Gasteiger partial charge on any atom is 0.408 e. The Kier molecular flexibility index (Phi) is 8.52. The zero-order valence-corrected chi connectivity index (χ0v) is 20.0. The van der Waals surface area contributed by atoms with Gasteiger partial charge in [0.05, 0.1) is 0 Å². The fraction of sp³-hybridized carbons (Fsp3) is 0.625. The number of phenolic OH excluding ortho intramolecular Hbond substituents is 1. The molecule has 3 amide bonds. The summed E-state index contributed by atoms with van der Waals surface area (Å²) in [6.45, 7) is 8.52. The van der Waals surface area contributed by atoms with Crippen molar-refractivity contribution < 1.29 is 24.2 Å². The Labute approximate surface area is 190 Å². The van der Waals surface area contributed by atoms with E-state index in [0.717, 1.165) is 25.7 Å². The average Bonchev–Trinajstić information content (AvgIpc) is 2.69. The summed E-state index contributed by atoms with van der Waals surface area (Å²) in [4.78, 5) is 39.9. The molecule has 1 aromatic carbocycles. The number of hydrogen-bond donors (Lipinski definition) is 3. The molecule has 0 spiro atoms. The van der Waals surface area contributed by atoms with Crippen molar-refractivity contribution in [3.8, 4) is 5.75 Å². The molecule has 1 aliphatic rings. The number of benzene rings is 1. The Morgan fingerprint density at radius 3 is 2.34 bits per heavy atom. The Bertz CT molecular complexity index is 827. The molecule has 8 nitrogen and oxygen atoms in total. The minimum atomic E-state index is -0.897. The summed E-state index contributed by atoms with van der Waals surface area (Å²) < 4.78 is 5.23. The van der Waals surface area contributed by atoms with Crippen LogP contribution in [0.2, 0.25) is 0 Å². The number of likely N-dealkylation sites (N-methyl/N-ethyl adjacent to an activating group) is 1. The molecule has 0 bridgehead atoms. The summed E-state index contributed by atoms with van der Waals surface area (Å²) in [5.41, 5.74) is 0.512. The zero-order valence-electron chi connectivity index (χ0n) is 20.0. The van der Waals surface area contributed by atoms with E-state index >= 15 is 0 Å². The normalized spacial score (nSPS) is 16.6. The van der Waals surface area contributed by atoms with Gasteiger partial charge < -0.3 is 25.4 Å². The van der Waals surface area contributed by atoms with Gasteiger partial charge in [0.1, 0.15) is 23.4 Å². The summed E-state index contributed by atoms with van der Waals surface area (Å²) in [5, 5.41) is 15.5. The second-order valence-corrected chi connectivity index (χ2v) is 9.61. The van der Waals surface area contributed by atoms with Gasteiger partial charge in [0.15, 0.2) is 0 Å². The van der Waals surface area contributed by atoms with Crippen molar-refractivity contribution in [1.82, 2.24) is 15.5 Å². The van der Waals surface area contributed by atoms with E-state index in [0.29, 0.717) is 11.1 Å². The van der Waals surface area contributed by atoms with E-state index in [9.17, 15) is 19.5 Å². The highest BCUT2D eigenvalue weighted by molar-refractivity contribution is 5.91. The number of carbonyl (C=O) groups excluding carboxylic acids is 3. The molecule has 1 saturated carbocycles. The smallest absolute Gasteiger partial charge is 0.408 e. The largest absolute Gasteiger partial charge is 0.508 e. The first-order chi connectivity index (χ1) is 14.9. The fourth-order valence-corrected chi connectivity index (χ4v) is 3.91. The van der Waals surface area contributed by atoms with Crippen LogP contribution in [0, 0.1) is 6.92 Å². The van der Waals surface area contributed by atoms with E-state index in [1.807, 2.05) is 0 Å². The molecular weight excluding hydrogens is 410 g/mol. The van der Waals surface area contributed by atoms with Crippen LogP contribution in [-0.4, -0.2) is 52.6 Å². The fourth-order valence-electron chi connectivity index (χ4n) is 3.91. The maximum absolute atomic E-state index is 13.3. The number of amides is 3. The van der Waals surface area contributed by atoms with Gasteiger partial charge in [-0.25, -0.2) is 4.79 Å². The monoisotopic (exact) mass is 447 g/mol. The van der Waals surface area contributed by atoms with Gasteiger partial charge in [-0.3, -0.25) is 9.59 Å². The second kappa shape index (κ2) is 10.7. The van der Waals surface area contributed by atoms with E-state index in [4.69, 9.17) is 4.74 Å². The lowest BCUT2D eigenvalue weighted by Gasteiger charge is -2.32. The van der Waals surface area contributed by atoms with Crippen LogP contribution in [-0.2, 0) is 14.3 Å². The Morgan fingerprint density at radius 2 is 1.78 bits per heavy atom. The maximum atomic E-state index is 13.3. The van der Waals surface area contributed by atoms with Gasteiger partial charge in [0, 0.05) is 13.1 Å². The summed E-state index contributed by atoms with van der Waals surface area (Å²) in [5.74, 6) is -0.582. The number of nitrogens with zero attached hydrogens (tertiary/aromatic N) is 1. The summed E-state index contributed by atoms with van der Waals surface area (Å²) in [6.07, 6.45) is 4.44. The van der Waals surface area contributed by atoms with E-state index in [1.165, 1.54) is 17.4 Å². The third-order valence-corrected chi connectivity index (χ3v) is 5.58. The van der Waals surface area contributed by atoms with Gasteiger partial charge in [-0.1, -0.05) is 25.3 Å². The highest BCUT2D eigenvalue weighted by atomic mass is 16.6. The number of nitrogens with one attached hydrogen (secondary N) is 2. The average molecular weight is 448 g/mol. The van der Waals surface area contributed by atoms with E-state index < -0.39 is 29.7 Å². The molecule has 0 saturated heterocycles. The molecule has 8 heteroatoms. The van der Waals surface area contributed by atoms with Crippen LogP contribution in [0.4, 0.5) is 4.79 Å². The minimum Gasteiger partial charge on any atom is -0.508 e. The van der Waals surface area contributed by atoms with Crippen molar-refractivity contribution in [2.24, 2.45) is 0 Å². The molecule has 0 aromatic heterocycles. The third-order valence-electron chi connectivity index (χ3n) is 5.58. The van der Waals surface area contributed by atoms with Gasteiger partial charge in [0.25, 0.3) is 0 Å². The lowest BCUT2D eigenvalue weighted by molar-refractivity contribution is -0.140. The SMILES string of the molecule is Cc1cc(C(C(=O)NC2CCCCC2)N(C)C(=O)C(C)NC(=O)OC(C)(C)C)ccc1O. The van der Waals surface area contributed by atoms with Gasteiger partial charge in [-0.15, -0.1) is 0 Å². The third kappa shape index (κ3) is 7.14. The molecule has 1 aliphatic carbocycles. The van der Waals surface area contributed by atoms with E-state index in [1.54, 1.807) is 53.8 Å². The first-order valence-electron chi connectivity index (χ1n) is 11.2. The van der Waals surface area contributed by atoms with Crippen molar-refractivity contribution in [3.05, 3.63) is 29.3 Å². The standard InChI is InChI=1S/C24H37N3O5/c1-15-14-17(12-13-19(15)28)20(21(29)26-18-10-8-7-9-11-18)27(6)22(30)16(2)25-23(31)32-24(3,4)5/h12-14,16,18,20,28H,7-11H2,1-6H3,(H,25,31)(H,26,29). The van der Waals surface area contributed by atoms with Crippen molar-refractivity contribution >= 4 is 17.9 Å². The number of alkyl carbamates (subject to hydrolysis) is 1. The van der Waals surface area contributed by atoms with Crippen molar-refractivity contribution in [3.63, 3.8) is 0 Å². The van der Waals surface area contributed by atoms with Gasteiger partial charge in [-0.05, 0) is 70.7 Å². The van der Waals surface area contributed by atoms with Crippen LogP contribution >= 0.6 is 0 Å². The predicted octanol–water partition coefficient (Wildman–Crippen LogP) is 3.56. The highest BCUT2D eigenvalue weighted by Gasteiger charge is 2.33. The van der Waals surface area contributed by atoms with Gasteiger partial charge >= 0.3 is 6.09 Å². The van der Waals surface area contributed by atoms with Gasteiger partial charge in [-0.2, -0.15) is 0 Å². The molecule has 2 unspecified atom stereocenters. The summed E-state index contributed by atoms with van der Waals surface area (Å²) in [7, 11) is 1.54.